The van der Waals surface area contributed by atoms with Crippen LogP contribution in [0.25, 0.3) is 0 Å². The number of esters is 1. The largest absolute Gasteiger partial charge is 0.496 e. The van der Waals surface area contributed by atoms with Gasteiger partial charge in [0.25, 0.3) is 5.91 Å². The van der Waals surface area contributed by atoms with E-state index in [2.05, 4.69) is 5.32 Å². The van der Waals surface area contributed by atoms with E-state index in [4.69, 9.17) is 9.47 Å². The quantitative estimate of drug-likeness (QED) is 0.838. The SMILES string of the molecule is CC[C@@](C)(NC(=O)c1ccc(C)c(OC)c1)C(=O)OC. The highest BCUT2D eigenvalue weighted by Gasteiger charge is 2.34. The van der Waals surface area contributed by atoms with Crippen molar-refractivity contribution in [2.75, 3.05) is 14.2 Å². The number of carbonyl (C=O) groups is 2. The van der Waals surface area contributed by atoms with Gasteiger partial charge in [-0.05, 0) is 38.0 Å². The van der Waals surface area contributed by atoms with Crippen molar-refractivity contribution in [3.8, 4) is 5.75 Å². The smallest absolute Gasteiger partial charge is 0.331 e. The number of hydrogen-bond acceptors (Lipinski definition) is 4. The van der Waals surface area contributed by atoms with Crippen LogP contribution in [0.1, 0.15) is 36.2 Å². The number of carbonyl (C=O) groups excluding carboxylic acids is 2. The van der Waals surface area contributed by atoms with Crippen molar-refractivity contribution in [1.29, 1.82) is 0 Å². The maximum atomic E-state index is 12.2. The van der Waals surface area contributed by atoms with E-state index in [0.717, 1.165) is 5.56 Å². The maximum absolute atomic E-state index is 12.2. The second-order valence-electron chi connectivity index (χ2n) is 4.82. The Hall–Kier alpha value is -2.04. The summed E-state index contributed by atoms with van der Waals surface area (Å²) in [5, 5.41) is 2.71. The first-order valence-electron chi connectivity index (χ1n) is 6.43. The van der Waals surface area contributed by atoms with E-state index in [1.807, 2.05) is 13.8 Å². The van der Waals surface area contributed by atoms with E-state index >= 15 is 0 Å². The Morgan fingerprint density at radius 3 is 2.45 bits per heavy atom. The van der Waals surface area contributed by atoms with Crippen molar-refractivity contribution in [3.05, 3.63) is 29.3 Å². The van der Waals surface area contributed by atoms with Crippen LogP contribution >= 0.6 is 0 Å². The third kappa shape index (κ3) is 3.29. The van der Waals surface area contributed by atoms with Crippen LogP contribution in [-0.2, 0) is 9.53 Å². The fourth-order valence-corrected chi connectivity index (χ4v) is 1.79. The van der Waals surface area contributed by atoms with Crippen molar-refractivity contribution in [2.45, 2.75) is 32.7 Å². The average Bonchev–Trinajstić information content (AvgIpc) is 2.46. The lowest BCUT2D eigenvalue weighted by Gasteiger charge is -2.26. The highest BCUT2D eigenvalue weighted by molar-refractivity contribution is 5.98. The summed E-state index contributed by atoms with van der Waals surface area (Å²) < 4.78 is 9.92. The predicted molar refractivity (Wildman–Crippen MR) is 75.9 cm³/mol. The van der Waals surface area contributed by atoms with Gasteiger partial charge in [-0.15, -0.1) is 0 Å². The van der Waals surface area contributed by atoms with Crippen molar-refractivity contribution >= 4 is 11.9 Å². The minimum Gasteiger partial charge on any atom is -0.496 e. The lowest BCUT2D eigenvalue weighted by atomic mass is 9.98. The van der Waals surface area contributed by atoms with Gasteiger partial charge >= 0.3 is 5.97 Å². The molecule has 20 heavy (non-hydrogen) atoms. The van der Waals surface area contributed by atoms with Gasteiger partial charge in [-0.3, -0.25) is 4.79 Å². The summed E-state index contributed by atoms with van der Waals surface area (Å²) in [6.07, 6.45) is 0.439. The fourth-order valence-electron chi connectivity index (χ4n) is 1.79. The molecule has 110 valence electrons. The second kappa shape index (κ2) is 6.41. The normalized spacial score (nSPS) is 13.2. The summed E-state index contributed by atoms with van der Waals surface area (Å²) in [6.45, 7) is 5.35. The van der Waals surface area contributed by atoms with Crippen LogP contribution in [0.4, 0.5) is 0 Å². The minimum absolute atomic E-state index is 0.335. The standard InChI is InChI=1S/C15H21NO4/c1-6-15(3,14(18)20-5)16-13(17)11-8-7-10(2)12(9-11)19-4/h7-9H,6H2,1-5H3,(H,16,17)/t15-/m1/s1. The van der Waals surface area contributed by atoms with E-state index in [0.29, 0.717) is 17.7 Å². The molecule has 0 aliphatic rings. The summed E-state index contributed by atoms with van der Waals surface area (Å²) in [6, 6.07) is 5.15. The number of aryl methyl sites for hydroxylation is 1. The molecule has 0 aliphatic heterocycles. The summed E-state index contributed by atoms with van der Waals surface area (Å²) in [5.74, 6) is -0.167. The molecule has 1 rings (SSSR count). The lowest BCUT2D eigenvalue weighted by molar-refractivity contribution is -0.147. The first kappa shape index (κ1) is 16.0. The molecule has 5 heteroatoms. The van der Waals surface area contributed by atoms with Crippen LogP contribution in [0.15, 0.2) is 18.2 Å². The van der Waals surface area contributed by atoms with Crippen molar-refractivity contribution in [1.82, 2.24) is 5.32 Å². The number of hydrogen-bond donors (Lipinski definition) is 1. The average molecular weight is 279 g/mol. The lowest BCUT2D eigenvalue weighted by Crippen LogP contribution is -2.52. The summed E-state index contributed by atoms with van der Waals surface area (Å²) >= 11 is 0. The number of nitrogens with one attached hydrogen (secondary N) is 1. The van der Waals surface area contributed by atoms with Crippen LogP contribution in [0.2, 0.25) is 0 Å². The van der Waals surface area contributed by atoms with Crippen molar-refractivity contribution < 1.29 is 19.1 Å². The second-order valence-corrected chi connectivity index (χ2v) is 4.82. The molecule has 0 saturated heterocycles. The Kier molecular flexibility index (Phi) is 5.13. The molecule has 0 aliphatic carbocycles. The molecule has 1 aromatic rings. The molecule has 1 N–H and O–H groups in total. The molecular formula is C15H21NO4. The van der Waals surface area contributed by atoms with Crippen LogP contribution in [0.3, 0.4) is 0 Å². The molecule has 0 bridgehead atoms. The summed E-state index contributed by atoms with van der Waals surface area (Å²) in [7, 11) is 2.85. The third-order valence-corrected chi connectivity index (χ3v) is 3.40. The van der Waals surface area contributed by atoms with Crippen molar-refractivity contribution in [3.63, 3.8) is 0 Å². The van der Waals surface area contributed by atoms with E-state index in [1.165, 1.54) is 7.11 Å². The van der Waals surface area contributed by atoms with Gasteiger partial charge in [0.1, 0.15) is 11.3 Å². The fraction of sp³-hybridized carbons (Fsp3) is 0.467. The van der Waals surface area contributed by atoms with Crippen LogP contribution in [0.5, 0.6) is 5.75 Å². The summed E-state index contributed by atoms with van der Waals surface area (Å²) in [5.41, 5.74) is 0.343. The Balaban J connectivity index is 2.98. The van der Waals surface area contributed by atoms with Gasteiger partial charge in [0, 0.05) is 5.56 Å². The Labute approximate surface area is 119 Å². The van der Waals surface area contributed by atoms with E-state index in [-0.39, 0.29) is 5.91 Å². The van der Waals surface area contributed by atoms with Gasteiger partial charge in [0.05, 0.1) is 14.2 Å². The predicted octanol–water partition coefficient (Wildman–Crippen LogP) is 2.08. The first-order valence-corrected chi connectivity index (χ1v) is 6.43. The monoisotopic (exact) mass is 279 g/mol. The van der Waals surface area contributed by atoms with Gasteiger partial charge in [-0.2, -0.15) is 0 Å². The van der Waals surface area contributed by atoms with E-state index in [9.17, 15) is 9.59 Å². The molecular weight excluding hydrogens is 258 g/mol. The maximum Gasteiger partial charge on any atom is 0.331 e. The van der Waals surface area contributed by atoms with Gasteiger partial charge in [0.15, 0.2) is 0 Å². The van der Waals surface area contributed by atoms with Gasteiger partial charge < -0.3 is 14.8 Å². The van der Waals surface area contributed by atoms with E-state index < -0.39 is 11.5 Å². The zero-order chi connectivity index (χ0) is 15.3. The topological polar surface area (TPSA) is 64.6 Å². The zero-order valence-electron chi connectivity index (χ0n) is 12.6. The molecule has 1 amide bonds. The molecule has 1 atom stereocenters. The highest BCUT2D eigenvalue weighted by Crippen LogP contribution is 2.20. The molecule has 0 fully saturated rings. The molecule has 1 aromatic carbocycles. The number of benzene rings is 1. The molecule has 0 aromatic heterocycles. The first-order chi connectivity index (χ1) is 9.37. The van der Waals surface area contributed by atoms with Gasteiger partial charge in [0.2, 0.25) is 0 Å². The molecule has 0 spiro atoms. The summed E-state index contributed by atoms with van der Waals surface area (Å²) in [4.78, 5) is 24.0. The molecule has 0 radical (unpaired) electrons. The van der Waals surface area contributed by atoms with Crippen LogP contribution < -0.4 is 10.1 Å². The minimum atomic E-state index is -1.04. The van der Waals surface area contributed by atoms with Crippen molar-refractivity contribution in [2.24, 2.45) is 0 Å². The number of ether oxygens (including phenoxy) is 2. The van der Waals surface area contributed by atoms with E-state index in [1.54, 1.807) is 32.2 Å². The van der Waals surface area contributed by atoms with Gasteiger partial charge in [-0.25, -0.2) is 4.79 Å². The van der Waals surface area contributed by atoms with Crippen LogP contribution in [-0.4, -0.2) is 31.6 Å². The molecule has 5 nitrogen and oxygen atoms in total. The van der Waals surface area contributed by atoms with Gasteiger partial charge in [-0.1, -0.05) is 13.0 Å². The highest BCUT2D eigenvalue weighted by atomic mass is 16.5. The molecule has 0 saturated carbocycles. The molecule has 0 heterocycles. The Bertz CT molecular complexity index is 513. The zero-order valence-corrected chi connectivity index (χ0v) is 12.6. The molecule has 0 unspecified atom stereocenters. The van der Waals surface area contributed by atoms with Crippen LogP contribution in [0, 0.1) is 6.92 Å². The number of methoxy groups -OCH3 is 2. The third-order valence-electron chi connectivity index (χ3n) is 3.40. The number of rotatable bonds is 5. The Morgan fingerprint density at radius 2 is 1.95 bits per heavy atom. The Morgan fingerprint density at radius 1 is 1.30 bits per heavy atom. The number of amides is 1.